The summed E-state index contributed by atoms with van der Waals surface area (Å²) in [4.78, 5) is 0. The van der Waals surface area contributed by atoms with Crippen LogP contribution >= 0.6 is 45.3 Å². The molecule has 242 valence electrons. The van der Waals surface area contributed by atoms with E-state index in [2.05, 4.69) is 83.7 Å². The van der Waals surface area contributed by atoms with E-state index in [1.807, 2.05) is 22.7 Å². The number of rotatable bonds is 18. The van der Waals surface area contributed by atoms with Gasteiger partial charge < -0.3 is 0 Å². The summed E-state index contributed by atoms with van der Waals surface area (Å²) in [5, 5.41) is 13.6. The SMILES string of the molecule is CCCCCCCCCCc1cc2ccsc2c2sc3cc4c(cc3c12)sc1c2sccc2cc(CCCCCCCCCC)c41. The molecule has 4 aromatic heterocycles. The molecule has 4 heteroatoms. The minimum atomic E-state index is 1.20. The van der Waals surface area contributed by atoms with Gasteiger partial charge in [-0.15, -0.1) is 45.3 Å². The zero-order valence-electron chi connectivity index (χ0n) is 28.0. The van der Waals surface area contributed by atoms with Gasteiger partial charge in [-0.2, -0.15) is 0 Å². The van der Waals surface area contributed by atoms with Crippen LogP contribution in [-0.4, -0.2) is 0 Å². The van der Waals surface area contributed by atoms with Crippen LogP contribution in [-0.2, 0) is 12.8 Å². The molecule has 0 fully saturated rings. The highest BCUT2D eigenvalue weighted by Gasteiger charge is 2.19. The molecule has 0 bridgehead atoms. The quantitative estimate of drug-likeness (QED) is 0.0790. The van der Waals surface area contributed by atoms with E-state index in [9.17, 15) is 0 Å². The van der Waals surface area contributed by atoms with E-state index in [0.717, 1.165) is 0 Å². The van der Waals surface area contributed by atoms with E-state index in [1.165, 1.54) is 165 Å². The first-order chi connectivity index (χ1) is 22.8. The van der Waals surface area contributed by atoms with Crippen molar-refractivity contribution < 1.29 is 0 Å². The highest BCUT2D eigenvalue weighted by molar-refractivity contribution is 7.32. The summed E-state index contributed by atoms with van der Waals surface area (Å²) in [6, 6.07) is 14.9. The zero-order valence-corrected chi connectivity index (χ0v) is 31.2. The standard InChI is InChI=1S/C42H50S4/c1-3-5-7-9-11-13-15-17-19-29-25-31-21-23-43-39(31)41-37(29)33-27-36-34(28-35(33)45-41)38-30(20-18-16-14-12-10-8-6-4-2)26-32-22-24-44-40(32)42(38)46-36/h21-28H,3-20H2,1-2H3. The third kappa shape index (κ3) is 6.79. The van der Waals surface area contributed by atoms with E-state index < -0.39 is 0 Å². The highest BCUT2D eigenvalue weighted by atomic mass is 32.1. The van der Waals surface area contributed by atoms with Crippen molar-refractivity contribution >= 4 is 106 Å². The lowest BCUT2D eigenvalue weighted by Crippen LogP contribution is -1.89. The first-order valence-corrected chi connectivity index (χ1v) is 21.8. The summed E-state index contributed by atoms with van der Waals surface area (Å²) >= 11 is 7.96. The summed E-state index contributed by atoms with van der Waals surface area (Å²) in [5.41, 5.74) is 3.16. The molecule has 0 spiro atoms. The Morgan fingerprint density at radius 2 is 0.826 bits per heavy atom. The molecule has 0 nitrogen and oxygen atoms in total. The van der Waals surface area contributed by atoms with Crippen molar-refractivity contribution in [2.75, 3.05) is 0 Å². The third-order valence-electron chi connectivity index (χ3n) is 10.2. The van der Waals surface area contributed by atoms with Gasteiger partial charge >= 0.3 is 0 Å². The average Bonchev–Trinajstić information content (AvgIpc) is 3.86. The normalized spacial score (nSPS) is 12.4. The molecule has 0 saturated carbocycles. The van der Waals surface area contributed by atoms with Gasteiger partial charge in [0.25, 0.3) is 0 Å². The zero-order chi connectivity index (χ0) is 31.3. The molecule has 4 heterocycles. The number of thiophene rings is 4. The predicted octanol–water partition coefficient (Wildman–Crippen LogP) is 16.2. The number of fused-ring (bicyclic) bond motifs is 10. The Morgan fingerprint density at radius 3 is 1.24 bits per heavy atom. The molecule has 0 saturated heterocycles. The number of hydrogen-bond acceptors (Lipinski definition) is 4. The maximum Gasteiger partial charge on any atom is 0.0536 e. The third-order valence-corrected chi connectivity index (χ3v) is 14.7. The first kappa shape index (κ1) is 32.6. The van der Waals surface area contributed by atoms with Crippen LogP contribution in [0.2, 0.25) is 0 Å². The monoisotopic (exact) mass is 682 g/mol. The van der Waals surface area contributed by atoms with E-state index in [1.54, 1.807) is 21.9 Å². The maximum absolute atomic E-state index is 2.59. The number of aryl methyl sites for hydroxylation is 2. The van der Waals surface area contributed by atoms with Crippen molar-refractivity contribution in [1.29, 1.82) is 0 Å². The second-order valence-corrected chi connectivity index (χ2v) is 17.6. The Morgan fingerprint density at radius 1 is 0.435 bits per heavy atom. The first-order valence-electron chi connectivity index (χ1n) is 18.4. The van der Waals surface area contributed by atoms with Crippen LogP contribution in [0.15, 0.2) is 47.2 Å². The molecule has 0 unspecified atom stereocenters. The summed E-state index contributed by atoms with van der Waals surface area (Å²) < 4.78 is 8.98. The van der Waals surface area contributed by atoms with E-state index in [-0.39, 0.29) is 0 Å². The lowest BCUT2D eigenvalue weighted by molar-refractivity contribution is 0.576. The van der Waals surface area contributed by atoms with Crippen LogP contribution in [0.3, 0.4) is 0 Å². The lowest BCUT2D eigenvalue weighted by atomic mass is 9.97. The Hall–Kier alpha value is -1.98. The molecule has 0 amide bonds. The van der Waals surface area contributed by atoms with Gasteiger partial charge in [-0.05, 0) is 94.7 Å². The lowest BCUT2D eigenvalue weighted by Gasteiger charge is -2.07. The van der Waals surface area contributed by atoms with Crippen LogP contribution in [0.4, 0.5) is 0 Å². The molecule has 0 aliphatic rings. The topological polar surface area (TPSA) is 0 Å². The van der Waals surface area contributed by atoms with Crippen molar-refractivity contribution in [3.05, 3.63) is 58.3 Å². The number of benzene rings is 3. The summed E-state index contributed by atoms with van der Waals surface area (Å²) in [6.45, 7) is 4.62. The smallest absolute Gasteiger partial charge is 0.0536 e. The van der Waals surface area contributed by atoms with Gasteiger partial charge in [0.2, 0.25) is 0 Å². The molecular formula is C42H50S4. The number of hydrogen-bond donors (Lipinski definition) is 0. The molecule has 3 aromatic carbocycles. The second-order valence-electron chi connectivity index (χ2n) is 13.7. The maximum atomic E-state index is 2.59. The van der Waals surface area contributed by atoms with Crippen LogP contribution < -0.4 is 0 Å². The van der Waals surface area contributed by atoms with Gasteiger partial charge in [0.1, 0.15) is 0 Å². The molecular weight excluding hydrogens is 633 g/mol. The summed E-state index contributed by atoms with van der Waals surface area (Å²) in [5.74, 6) is 0. The van der Waals surface area contributed by atoms with Crippen LogP contribution in [0.25, 0.3) is 60.5 Å². The minimum Gasteiger partial charge on any atom is -0.142 e. The molecule has 0 N–H and O–H groups in total. The van der Waals surface area contributed by atoms with Crippen molar-refractivity contribution in [3.63, 3.8) is 0 Å². The van der Waals surface area contributed by atoms with E-state index >= 15 is 0 Å². The van der Waals surface area contributed by atoms with Crippen molar-refractivity contribution in [1.82, 2.24) is 0 Å². The van der Waals surface area contributed by atoms with Crippen molar-refractivity contribution in [2.45, 2.75) is 129 Å². The Balaban J connectivity index is 1.21. The molecule has 0 radical (unpaired) electrons. The fourth-order valence-electron chi connectivity index (χ4n) is 7.69. The van der Waals surface area contributed by atoms with Crippen molar-refractivity contribution in [2.24, 2.45) is 0 Å². The van der Waals surface area contributed by atoms with Crippen LogP contribution in [0.1, 0.15) is 128 Å². The van der Waals surface area contributed by atoms with Crippen molar-refractivity contribution in [3.8, 4) is 0 Å². The van der Waals surface area contributed by atoms with E-state index in [0.29, 0.717) is 0 Å². The predicted molar refractivity (Wildman–Crippen MR) is 216 cm³/mol. The Kier molecular flexibility index (Phi) is 11.0. The van der Waals surface area contributed by atoms with Gasteiger partial charge in [-0.1, -0.05) is 104 Å². The largest absolute Gasteiger partial charge is 0.142 e. The van der Waals surface area contributed by atoms with Crippen LogP contribution in [0.5, 0.6) is 0 Å². The second kappa shape index (κ2) is 15.5. The summed E-state index contributed by atoms with van der Waals surface area (Å²) in [6.07, 6.45) is 24.4. The van der Waals surface area contributed by atoms with Gasteiger partial charge in [0, 0.05) is 30.9 Å². The fourth-order valence-corrected chi connectivity index (χ4v) is 12.3. The van der Waals surface area contributed by atoms with Gasteiger partial charge in [-0.3, -0.25) is 0 Å². The fraction of sp³-hybridized carbons (Fsp3) is 0.476. The Labute approximate surface area is 291 Å². The van der Waals surface area contributed by atoms with Gasteiger partial charge in [0.05, 0.1) is 18.8 Å². The molecule has 0 aliphatic carbocycles. The van der Waals surface area contributed by atoms with Gasteiger partial charge in [0.15, 0.2) is 0 Å². The molecule has 0 atom stereocenters. The molecule has 7 rings (SSSR count). The summed E-state index contributed by atoms with van der Waals surface area (Å²) in [7, 11) is 0. The minimum absolute atomic E-state index is 1.20. The molecule has 0 aliphatic heterocycles. The molecule has 7 aromatic rings. The Bertz CT molecular complexity index is 1900. The highest BCUT2D eigenvalue weighted by Crippen LogP contribution is 2.48. The average molecular weight is 683 g/mol. The van der Waals surface area contributed by atoms with Crippen LogP contribution in [0, 0.1) is 0 Å². The van der Waals surface area contributed by atoms with E-state index in [4.69, 9.17) is 0 Å². The van der Waals surface area contributed by atoms with Gasteiger partial charge in [-0.25, -0.2) is 0 Å². The molecule has 46 heavy (non-hydrogen) atoms. The number of unbranched alkanes of at least 4 members (excludes halogenated alkanes) is 14.